The molecule has 168 valence electrons. The van der Waals surface area contributed by atoms with Gasteiger partial charge in [0.05, 0.1) is 22.2 Å². The Balaban J connectivity index is 1.97. The number of aryl methyl sites for hydroxylation is 1. The Morgan fingerprint density at radius 2 is 1.97 bits per heavy atom. The van der Waals surface area contributed by atoms with E-state index in [9.17, 15) is 5.11 Å². The molecule has 0 radical (unpaired) electrons. The fraction of sp³-hybridized carbons (Fsp3) is 0.565. The second-order valence-electron chi connectivity index (χ2n) is 9.12. The lowest BCUT2D eigenvalue weighted by Crippen LogP contribution is -2.31. The highest BCUT2D eigenvalue weighted by Gasteiger charge is 2.23. The Labute approximate surface area is 188 Å². The highest BCUT2D eigenvalue weighted by molar-refractivity contribution is 7.21. The van der Waals surface area contributed by atoms with Crippen molar-refractivity contribution in [1.29, 1.82) is 0 Å². The molecule has 0 spiro atoms. The summed E-state index contributed by atoms with van der Waals surface area (Å²) < 4.78 is 1.09. The molecule has 0 aliphatic carbocycles. The number of pyridine rings is 1. The molecule has 0 amide bonds. The van der Waals surface area contributed by atoms with Gasteiger partial charge >= 0.3 is 0 Å². The summed E-state index contributed by atoms with van der Waals surface area (Å²) in [4.78, 5) is 18.6. The summed E-state index contributed by atoms with van der Waals surface area (Å²) >= 11 is 1.62. The highest BCUT2D eigenvalue weighted by atomic mass is 32.1. The number of fused-ring (bicyclic) bond motifs is 1. The van der Waals surface area contributed by atoms with Crippen molar-refractivity contribution >= 4 is 33.3 Å². The lowest BCUT2D eigenvalue weighted by atomic mass is 9.88. The number of nitrogens with zero attached hydrogens (tertiary/aromatic N) is 4. The number of aromatic nitrogens is 4. The van der Waals surface area contributed by atoms with E-state index >= 15 is 0 Å². The summed E-state index contributed by atoms with van der Waals surface area (Å²) in [6, 6.07) is 2.19. The molecule has 8 heteroatoms. The highest BCUT2D eigenvalue weighted by Crippen LogP contribution is 2.36. The molecular formula is C23H34N6OS. The van der Waals surface area contributed by atoms with Crippen molar-refractivity contribution in [1.82, 2.24) is 19.9 Å². The van der Waals surface area contributed by atoms with E-state index in [1.807, 2.05) is 13.0 Å². The number of hydrogen-bond acceptors (Lipinski definition) is 8. The first-order chi connectivity index (χ1) is 14.7. The van der Waals surface area contributed by atoms with Crippen molar-refractivity contribution in [2.45, 2.75) is 60.4 Å². The summed E-state index contributed by atoms with van der Waals surface area (Å²) in [6.45, 7) is 13.8. The molecule has 0 aromatic carbocycles. The Morgan fingerprint density at radius 1 is 1.19 bits per heavy atom. The monoisotopic (exact) mass is 442 g/mol. The number of aliphatic hydroxyl groups excluding tert-OH is 1. The first-order valence-corrected chi connectivity index (χ1v) is 11.7. The second-order valence-corrected chi connectivity index (χ2v) is 10.2. The van der Waals surface area contributed by atoms with E-state index in [2.05, 4.69) is 50.2 Å². The zero-order valence-corrected chi connectivity index (χ0v) is 20.2. The van der Waals surface area contributed by atoms with E-state index in [1.165, 1.54) is 0 Å². The van der Waals surface area contributed by atoms with E-state index in [0.717, 1.165) is 51.7 Å². The smallest absolute Gasteiger partial charge is 0.225 e. The van der Waals surface area contributed by atoms with Crippen molar-refractivity contribution in [3.8, 4) is 10.6 Å². The first kappa shape index (κ1) is 23.3. The van der Waals surface area contributed by atoms with Gasteiger partial charge in [-0.05, 0) is 37.7 Å². The van der Waals surface area contributed by atoms with E-state index < -0.39 is 0 Å². The largest absolute Gasteiger partial charge is 0.396 e. The molecule has 3 heterocycles. The molecule has 7 nitrogen and oxygen atoms in total. The topological polar surface area (TPSA) is 95.8 Å². The Hall–Kier alpha value is -2.32. The SMILES string of the molecule is CCC(CO)CCNc1nc(NC(C)C(C)(C)C)nc(C)c1-c1nc2cnccc2s1. The number of hydrogen-bond donors (Lipinski definition) is 3. The van der Waals surface area contributed by atoms with Crippen LogP contribution in [0.2, 0.25) is 0 Å². The molecule has 31 heavy (non-hydrogen) atoms. The van der Waals surface area contributed by atoms with E-state index in [1.54, 1.807) is 23.7 Å². The van der Waals surface area contributed by atoms with Gasteiger partial charge in [-0.2, -0.15) is 4.98 Å². The van der Waals surface area contributed by atoms with Crippen molar-refractivity contribution in [3.63, 3.8) is 0 Å². The molecule has 3 N–H and O–H groups in total. The van der Waals surface area contributed by atoms with Crippen molar-refractivity contribution in [2.75, 3.05) is 23.8 Å². The van der Waals surface area contributed by atoms with Crippen molar-refractivity contribution < 1.29 is 5.11 Å². The zero-order chi connectivity index (χ0) is 22.6. The first-order valence-electron chi connectivity index (χ1n) is 10.9. The normalized spacial score (nSPS) is 13.9. The minimum absolute atomic E-state index is 0.0824. The number of aliphatic hydroxyl groups is 1. The van der Waals surface area contributed by atoms with Crippen LogP contribution in [0.5, 0.6) is 0 Å². The standard InChI is InChI=1S/C23H34N6OS/c1-7-16(13-30)8-11-25-20-19(21-28-17-12-24-10-9-18(17)31-21)14(2)26-22(29-20)27-15(3)23(4,5)6/h9-10,12,15-16,30H,7-8,11,13H2,1-6H3,(H2,25,26,27,29). The van der Waals surface area contributed by atoms with Gasteiger partial charge in [-0.25, -0.2) is 9.97 Å². The average molecular weight is 443 g/mol. The van der Waals surface area contributed by atoms with Crippen molar-refractivity contribution in [2.24, 2.45) is 11.3 Å². The van der Waals surface area contributed by atoms with Crippen LogP contribution in [0.15, 0.2) is 18.5 Å². The van der Waals surface area contributed by atoms with Gasteiger partial charge in [0.1, 0.15) is 16.3 Å². The molecule has 2 unspecified atom stereocenters. The molecule has 3 aromatic rings. The average Bonchev–Trinajstić information content (AvgIpc) is 3.13. The van der Waals surface area contributed by atoms with Gasteiger partial charge in [0.2, 0.25) is 5.95 Å². The van der Waals surface area contributed by atoms with Gasteiger partial charge in [-0.1, -0.05) is 34.1 Å². The molecule has 0 aliphatic rings. The molecule has 2 atom stereocenters. The fourth-order valence-electron chi connectivity index (χ4n) is 3.14. The van der Waals surface area contributed by atoms with Gasteiger partial charge in [-0.15, -0.1) is 11.3 Å². The molecule has 0 aliphatic heterocycles. The molecule has 0 saturated carbocycles. The zero-order valence-electron chi connectivity index (χ0n) is 19.4. The number of nitrogens with one attached hydrogen (secondary N) is 2. The van der Waals surface area contributed by atoms with Crippen LogP contribution in [0.25, 0.3) is 20.8 Å². The van der Waals surface area contributed by atoms with Gasteiger partial charge in [-0.3, -0.25) is 4.98 Å². The number of rotatable bonds is 9. The third kappa shape index (κ3) is 5.68. The third-order valence-electron chi connectivity index (χ3n) is 5.82. The van der Waals surface area contributed by atoms with Gasteiger partial charge in [0.25, 0.3) is 0 Å². The maximum Gasteiger partial charge on any atom is 0.225 e. The predicted molar refractivity (Wildman–Crippen MR) is 130 cm³/mol. The van der Waals surface area contributed by atoms with Crippen LogP contribution in [-0.2, 0) is 0 Å². The van der Waals surface area contributed by atoms with Crippen LogP contribution in [-0.4, -0.2) is 44.2 Å². The van der Waals surface area contributed by atoms with E-state index in [-0.39, 0.29) is 24.0 Å². The molecule has 3 rings (SSSR count). The predicted octanol–water partition coefficient (Wildman–Crippen LogP) is 5.12. The lowest BCUT2D eigenvalue weighted by molar-refractivity contribution is 0.217. The lowest BCUT2D eigenvalue weighted by Gasteiger charge is -2.28. The number of thiazole rings is 1. The maximum absolute atomic E-state index is 9.52. The molecule has 0 bridgehead atoms. The minimum Gasteiger partial charge on any atom is -0.396 e. The quantitative estimate of drug-likeness (QED) is 0.423. The number of anilines is 2. The van der Waals surface area contributed by atoms with Gasteiger partial charge in [0.15, 0.2) is 0 Å². The Bertz CT molecular complexity index is 976. The summed E-state index contributed by atoms with van der Waals surface area (Å²) in [6.07, 6.45) is 5.40. The van der Waals surface area contributed by atoms with Gasteiger partial charge in [0, 0.05) is 25.4 Å². The Kier molecular flexibility index (Phi) is 7.43. The molecule has 0 fully saturated rings. The summed E-state index contributed by atoms with van der Waals surface area (Å²) in [5.74, 6) is 1.67. The van der Waals surface area contributed by atoms with E-state index in [4.69, 9.17) is 15.0 Å². The summed E-state index contributed by atoms with van der Waals surface area (Å²) in [7, 11) is 0. The molecule has 3 aromatic heterocycles. The van der Waals surface area contributed by atoms with Crippen LogP contribution in [0.3, 0.4) is 0 Å². The van der Waals surface area contributed by atoms with Crippen LogP contribution in [0, 0.1) is 18.3 Å². The van der Waals surface area contributed by atoms with Crippen molar-refractivity contribution in [3.05, 3.63) is 24.2 Å². The minimum atomic E-state index is 0.0824. The van der Waals surface area contributed by atoms with Crippen LogP contribution in [0.1, 0.15) is 53.2 Å². The van der Waals surface area contributed by atoms with Crippen LogP contribution >= 0.6 is 11.3 Å². The third-order valence-corrected chi connectivity index (χ3v) is 6.87. The summed E-state index contributed by atoms with van der Waals surface area (Å²) in [5.41, 5.74) is 2.76. The molecular weight excluding hydrogens is 408 g/mol. The maximum atomic E-state index is 9.52. The molecule has 0 saturated heterocycles. The second kappa shape index (κ2) is 9.87. The van der Waals surface area contributed by atoms with Gasteiger partial charge < -0.3 is 15.7 Å². The summed E-state index contributed by atoms with van der Waals surface area (Å²) in [5, 5.41) is 17.4. The fourth-order valence-corrected chi connectivity index (χ4v) is 4.17. The van der Waals surface area contributed by atoms with E-state index in [0.29, 0.717) is 5.95 Å². The van der Waals surface area contributed by atoms with Crippen LogP contribution < -0.4 is 10.6 Å². The van der Waals surface area contributed by atoms with Crippen LogP contribution in [0.4, 0.5) is 11.8 Å². The Morgan fingerprint density at radius 3 is 2.61 bits per heavy atom.